The molecule has 1 aromatic carbocycles. The first-order valence-electron chi connectivity index (χ1n) is 6.67. The third-order valence-electron chi connectivity index (χ3n) is 3.77. The average molecular weight is 246 g/mol. The highest BCUT2D eigenvalue weighted by molar-refractivity contribution is 5.95. The first-order chi connectivity index (χ1) is 8.52. The monoisotopic (exact) mass is 246 g/mol. The van der Waals surface area contributed by atoms with Crippen molar-refractivity contribution in [1.29, 1.82) is 0 Å². The Morgan fingerprint density at radius 1 is 1.44 bits per heavy atom. The van der Waals surface area contributed by atoms with Crippen molar-refractivity contribution < 1.29 is 4.79 Å². The van der Waals surface area contributed by atoms with E-state index in [9.17, 15) is 4.79 Å². The van der Waals surface area contributed by atoms with Crippen LogP contribution in [0.5, 0.6) is 0 Å². The molecule has 0 saturated heterocycles. The maximum absolute atomic E-state index is 12.1. The van der Waals surface area contributed by atoms with E-state index < -0.39 is 0 Å². The van der Waals surface area contributed by atoms with Crippen molar-refractivity contribution in [2.24, 2.45) is 5.41 Å². The lowest BCUT2D eigenvalue weighted by Crippen LogP contribution is -2.33. The molecule has 18 heavy (non-hydrogen) atoms. The molecule has 0 aliphatic carbocycles. The summed E-state index contributed by atoms with van der Waals surface area (Å²) < 4.78 is 0. The molecule has 0 radical (unpaired) electrons. The van der Waals surface area contributed by atoms with Crippen molar-refractivity contribution in [3.8, 4) is 0 Å². The Kier molecular flexibility index (Phi) is 3.60. The molecule has 1 aromatic rings. The molecular weight excluding hydrogens is 224 g/mol. The maximum atomic E-state index is 12.1. The van der Waals surface area contributed by atoms with Gasteiger partial charge >= 0.3 is 0 Å². The van der Waals surface area contributed by atoms with Gasteiger partial charge in [-0.25, -0.2) is 0 Å². The summed E-state index contributed by atoms with van der Waals surface area (Å²) in [6, 6.07) is 5.92. The predicted molar refractivity (Wildman–Crippen MR) is 75.0 cm³/mol. The van der Waals surface area contributed by atoms with Gasteiger partial charge in [-0.05, 0) is 36.0 Å². The molecular formula is C15H22N2O. The summed E-state index contributed by atoms with van der Waals surface area (Å²) >= 11 is 0. The van der Waals surface area contributed by atoms with Crippen LogP contribution in [0.15, 0.2) is 18.2 Å². The summed E-state index contributed by atoms with van der Waals surface area (Å²) in [5.41, 5.74) is 3.32. The molecule has 98 valence electrons. The number of rotatable bonds is 4. The second kappa shape index (κ2) is 5.01. The first-order valence-corrected chi connectivity index (χ1v) is 6.67. The highest BCUT2D eigenvalue weighted by Gasteiger charge is 2.18. The van der Waals surface area contributed by atoms with Crippen molar-refractivity contribution in [2.75, 3.05) is 18.4 Å². The summed E-state index contributed by atoms with van der Waals surface area (Å²) in [5.74, 6) is 0.0213. The van der Waals surface area contributed by atoms with E-state index in [-0.39, 0.29) is 11.3 Å². The van der Waals surface area contributed by atoms with E-state index in [0.717, 1.165) is 30.6 Å². The molecule has 3 nitrogen and oxygen atoms in total. The molecule has 1 amide bonds. The number of nitrogens with one attached hydrogen (secondary N) is 2. The molecule has 3 heteroatoms. The summed E-state index contributed by atoms with van der Waals surface area (Å²) in [4.78, 5) is 12.1. The van der Waals surface area contributed by atoms with Gasteiger partial charge in [-0.15, -0.1) is 0 Å². The van der Waals surface area contributed by atoms with E-state index in [2.05, 4.69) is 37.5 Å². The van der Waals surface area contributed by atoms with Gasteiger partial charge in [0.15, 0.2) is 0 Å². The minimum Gasteiger partial charge on any atom is -0.384 e. The molecule has 1 heterocycles. The lowest BCUT2D eigenvalue weighted by Gasteiger charge is -2.22. The van der Waals surface area contributed by atoms with Crippen molar-refractivity contribution in [1.82, 2.24) is 5.32 Å². The number of amides is 1. The third kappa shape index (κ3) is 2.84. The van der Waals surface area contributed by atoms with Crippen molar-refractivity contribution >= 4 is 11.6 Å². The average Bonchev–Trinajstić information content (AvgIpc) is 2.83. The molecule has 0 atom stereocenters. The second-order valence-electron chi connectivity index (χ2n) is 5.75. The Bertz CT molecular complexity index is 452. The van der Waals surface area contributed by atoms with E-state index in [1.807, 2.05) is 12.1 Å². The molecule has 0 unspecified atom stereocenters. The van der Waals surface area contributed by atoms with Crippen LogP contribution in [-0.2, 0) is 6.42 Å². The van der Waals surface area contributed by atoms with Crippen LogP contribution in [0.3, 0.4) is 0 Å². The zero-order valence-electron chi connectivity index (χ0n) is 11.5. The Labute approximate surface area is 109 Å². The Morgan fingerprint density at radius 3 is 2.94 bits per heavy atom. The van der Waals surface area contributed by atoms with Crippen LogP contribution in [0.25, 0.3) is 0 Å². The molecule has 2 N–H and O–H groups in total. The molecule has 0 fully saturated rings. The normalized spacial score (nSPS) is 13.9. The Hall–Kier alpha value is -1.51. The van der Waals surface area contributed by atoms with Gasteiger partial charge in [0.1, 0.15) is 0 Å². The number of anilines is 1. The van der Waals surface area contributed by atoms with Crippen LogP contribution < -0.4 is 10.6 Å². The van der Waals surface area contributed by atoms with Crippen molar-refractivity contribution in [3.05, 3.63) is 29.3 Å². The second-order valence-corrected chi connectivity index (χ2v) is 5.75. The van der Waals surface area contributed by atoms with Gasteiger partial charge in [0.2, 0.25) is 0 Å². The SMILES string of the molecule is CCC(C)(C)CNC(=O)c1ccc2c(c1)NCC2. The van der Waals surface area contributed by atoms with Crippen LogP contribution in [0.1, 0.15) is 43.1 Å². The van der Waals surface area contributed by atoms with Crippen LogP contribution in [0.2, 0.25) is 0 Å². The number of hydrogen-bond donors (Lipinski definition) is 2. The fourth-order valence-electron chi connectivity index (χ4n) is 1.98. The predicted octanol–water partition coefficient (Wildman–Crippen LogP) is 2.82. The van der Waals surface area contributed by atoms with E-state index >= 15 is 0 Å². The zero-order chi connectivity index (χ0) is 13.2. The number of hydrogen-bond acceptors (Lipinski definition) is 2. The quantitative estimate of drug-likeness (QED) is 0.857. The van der Waals surface area contributed by atoms with Crippen molar-refractivity contribution in [2.45, 2.75) is 33.6 Å². The van der Waals surface area contributed by atoms with Crippen molar-refractivity contribution in [3.63, 3.8) is 0 Å². The van der Waals surface area contributed by atoms with E-state index in [0.29, 0.717) is 6.54 Å². The lowest BCUT2D eigenvalue weighted by molar-refractivity contribution is 0.0936. The standard InChI is InChI=1S/C15H22N2O/c1-4-15(2,3)10-17-14(18)12-6-5-11-7-8-16-13(11)9-12/h5-6,9,16H,4,7-8,10H2,1-3H3,(H,17,18). The molecule has 0 aromatic heterocycles. The van der Waals surface area contributed by atoms with E-state index in [4.69, 9.17) is 0 Å². The first kappa shape index (κ1) is 12.9. The molecule has 1 aliphatic heterocycles. The van der Waals surface area contributed by atoms with Gasteiger partial charge in [0, 0.05) is 24.3 Å². The zero-order valence-corrected chi connectivity index (χ0v) is 11.5. The van der Waals surface area contributed by atoms with Gasteiger partial charge in [-0.3, -0.25) is 4.79 Å². The number of fused-ring (bicyclic) bond motifs is 1. The number of benzene rings is 1. The van der Waals surface area contributed by atoms with Crippen LogP contribution in [-0.4, -0.2) is 19.0 Å². The van der Waals surface area contributed by atoms with E-state index in [1.54, 1.807) is 0 Å². The summed E-state index contributed by atoms with van der Waals surface area (Å²) in [5, 5.41) is 6.31. The summed E-state index contributed by atoms with van der Waals surface area (Å²) in [7, 11) is 0. The fourth-order valence-corrected chi connectivity index (χ4v) is 1.98. The topological polar surface area (TPSA) is 41.1 Å². The summed E-state index contributed by atoms with van der Waals surface area (Å²) in [6.07, 6.45) is 2.11. The fraction of sp³-hybridized carbons (Fsp3) is 0.533. The molecule has 1 aliphatic rings. The number of carbonyl (C=O) groups is 1. The molecule has 0 bridgehead atoms. The van der Waals surface area contributed by atoms with Gasteiger partial charge in [0.25, 0.3) is 5.91 Å². The largest absolute Gasteiger partial charge is 0.384 e. The Morgan fingerprint density at radius 2 is 2.22 bits per heavy atom. The summed E-state index contributed by atoms with van der Waals surface area (Å²) in [6.45, 7) is 8.16. The van der Waals surface area contributed by atoms with E-state index in [1.165, 1.54) is 5.56 Å². The minimum absolute atomic E-state index is 0.0213. The Balaban J connectivity index is 2.01. The smallest absolute Gasteiger partial charge is 0.251 e. The highest BCUT2D eigenvalue weighted by atomic mass is 16.1. The van der Waals surface area contributed by atoms with Crippen LogP contribution in [0, 0.1) is 5.41 Å². The van der Waals surface area contributed by atoms with Crippen LogP contribution in [0.4, 0.5) is 5.69 Å². The van der Waals surface area contributed by atoms with Gasteiger partial charge in [0.05, 0.1) is 0 Å². The highest BCUT2D eigenvalue weighted by Crippen LogP contribution is 2.23. The minimum atomic E-state index is 0.0213. The van der Waals surface area contributed by atoms with Crippen LogP contribution >= 0.6 is 0 Å². The number of carbonyl (C=O) groups excluding carboxylic acids is 1. The molecule has 2 rings (SSSR count). The van der Waals surface area contributed by atoms with Gasteiger partial charge < -0.3 is 10.6 Å². The van der Waals surface area contributed by atoms with Gasteiger partial charge in [-0.2, -0.15) is 0 Å². The third-order valence-corrected chi connectivity index (χ3v) is 3.77. The molecule has 0 spiro atoms. The van der Waals surface area contributed by atoms with Gasteiger partial charge in [-0.1, -0.05) is 26.8 Å². The lowest BCUT2D eigenvalue weighted by atomic mass is 9.90. The molecule has 0 saturated carbocycles. The maximum Gasteiger partial charge on any atom is 0.251 e.